The number of aryl methyl sites for hydroxylation is 1. The first-order valence-corrected chi connectivity index (χ1v) is 9.14. The van der Waals surface area contributed by atoms with E-state index in [1.165, 1.54) is 11.3 Å². The maximum absolute atomic E-state index is 12.7. The van der Waals surface area contributed by atoms with Gasteiger partial charge in [0.2, 0.25) is 5.91 Å². The molecule has 1 aromatic heterocycles. The van der Waals surface area contributed by atoms with Gasteiger partial charge in [-0.15, -0.1) is 11.3 Å². The van der Waals surface area contributed by atoms with Gasteiger partial charge in [-0.1, -0.05) is 0 Å². The van der Waals surface area contributed by atoms with Crippen molar-refractivity contribution in [2.75, 3.05) is 20.1 Å². The maximum Gasteiger partial charge on any atom is 0.264 e. The Kier molecular flexibility index (Phi) is 4.47. The number of nitrogens with one attached hydrogen (secondary N) is 1. The van der Waals surface area contributed by atoms with Crippen molar-refractivity contribution in [2.45, 2.75) is 45.3 Å². The molecule has 2 amide bonds. The Hall–Kier alpha value is -1.40. The van der Waals surface area contributed by atoms with Crippen LogP contribution in [0.2, 0.25) is 0 Å². The van der Waals surface area contributed by atoms with E-state index in [4.69, 9.17) is 0 Å². The number of hydrogen-bond acceptors (Lipinski definition) is 4. The van der Waals surface area contributed by atoms with Gasteiger partial charge in [0, 0.05) is 32.2 Å². The van der Waals surface area contributed by atoms with E-state index < -0.39 is 0 Å². The molecule has 126 valence electrons. The topological polar surface area (TPSA) is 52.7 Å². The predicted molar refractivity (Wildman–Crippen MR) is 91.7 cm³/mol. The van der Waals surface area contributed by atoms with Crippen LogP contribution in [-0.2, 0) is 4.79 Å². The molecular weight excluding hydrogens is 310 g/mol. The van der Waals surface area contributed by atoms with E-state index in [1.807, 2.05) is 23.3 Å². The number of likely N-dealkylation sites (tertiary alicyclic amines) is 2. The Bertz CT molecular complexity index is 613. The molecule has 0 spiro atoms. The average Bonchev–Trinajstić information content (AvgIpc) is 3.18. The van der Waals surface area contributed by atoms with Gasteiger partial charge < -0.3 is 10.2 Å². The molecule has 2 aliphatic rings. The molecule has 6 heteroatoms. The summed E-state index contributed by atoms with van der Waals surface area (Å²) in [4.78, 5) is 30.1. The van der Waals surface area contributed by atoms with Crippen molar-refractivity contribution in [3.63, 3.8) is 0 Å². The molecule has 1 N–H and O–H groups in total. The minimum atomic E-state index is -0.0595. The van der Waals surface area contributed by atoms with Crippen LogP contribution >= 0.6 is 11.3 Å². The summed E-state index contributed by atoms with van der Waals surface area (Å²) in [6.07, 6.45) is 0.843. The van der Waals surface area contributed by atoms with Crippen molar-refractivity contribution in [3.05, 3.63) is 21.9 Å². The van der Waals surface area contributed by atoms with Gasteiger partial charge in [0.1, 0.15) is 0 Å². The van der Waals surface area contributed by atoms with E-state index in [-0.39, 0.29) is 17.9 Å². The summed E-state index contributed by atoms with van der Waals surface area (Å²) in [6, 6.07) is 2.53. The second-order valence-corrected chi connectivity index (χ2v) is 7.79. The number of rotatable bonds is 3. The van der Waals surface area contributed by atoms with E-state index in [1.54, 1.807) is 7.05 Å². The monoisotopic (exact) mass is 335 g/mol. The number of thiophene rings is 1. The van der Waals surface area contributed by atoms with Crippen molar-refractivity contribution < 1.29 is 9.59 Å². The highest BCUT2D eigenvalue weighted by Gasteiger charge is 2.50. The molecular formula is C17H25N3O2S. The quantitative estimate of drug-likeness (QED) is 0.915. The Labute approximate surface area is 141 Å². The molecule has 2 aliphatic heterocycles. The van der Waals surface area contributed by atoms with Gasteiger partial charge in [-0.05, 0) is 50.1 Å². The van der Waals surface area contributed by atoms with E-state index in [0.717, 1.165) is 30.0 Å². The zero-order valence-electron chi connectivity index (χ0n) is 14.2. The average molecular weight is 335 g/mol. The lowest BCUT2D eigenvalue weighted by Crippen LogP contribution is -2.50. The fraction of sp³-hybridized carbons (Fsp3) is 0.647. The van der Waals surface area contributed by atoms with Gasteiger partial charge in [-0.25, -0.2) is 0 Å². The van der Waals surface area contributed by atoms with Gasteiger partial charge in [-0.3, -0.25) is 14.5 Å². The zero-order valence-corrected chi connectivity index (χ0v) is 15.0. The van der Waals surface area contributed by atoms with Crippen molar-refractivity contribution >= 4 is 23.2 Å². The Morgan fingerprint density at radius 2 is 2.09 bits per heavy atom. The third-order valence-electron chi connectivity index (χ3n) is 5.16. The van der Waals surface area contributed by atoms with Gasteiger partial charge >= 0.3 is 0 Å². The molecule has 23 heavy (non-hydrogen) atoms. The molecule has 5 nitrogen and oxygen atoms in total. The first-order chi connectivity index (χ1) is 10.9. The second-order valence-electron chi connectivity index (χ2n) is 6.88. The van der Waals surface area contributed by atoms with Crippen LogP contribution in [0.3, 0.4) is 0 Å². The molecule has 0 bridgehead atoms. The molecule has 2 saturated heterocycles. The Morgan fingerprint density at radius 3 is 2.65 bits per heavy atom. The second kappa shape index (κ2) is 6.24. The molecule has 0 aromatic carbocycles. The molecule has 0 saturated carbocycles. The highest BCUT2D eigenvalue weighted by molar-refractivity contribution is 7.12. The van der Waals surface area contributed by atoms with Crippen LogP contribution < -0.4 is 5.32 Å². The number of hydrogen-bond donors (Lipinski definition) is 1. The summed E-state index contributed by atoms with van der Waals surface area (Å²) >= 11 is 1.52. The SMILES string of the molecule is CNC(=O)[C@@H]1C[C@H]2CN(C(=O)c3sccc3C)C[C@H]2N1C(C)C. The van der Waals surface area contributed by atoms with Crippen LogP contribution in [0.15, 0.2) is 11.4 Å². The van der Waals surface area contributed by atoms with Gasteiger partial charge in [0.15, 0.2) is 0 Å². The third kappa shape index (κ3) is 2.78. The zero-order chi connectivity index (χ0) is 16.7. The van der Waals surface area contributed by atoms with Crippen molar-refractivity contribution in [3.8, 4) is 0 Å². The minimum Gasteiger partial charge on any atom is -0.358 e. The van der Waals surface area contributed by atoms with Gasteiger partial charge in [0.25, 0.3) is 5.91 Å². The van der Waals surface area contributed by atoms with Crippen LogP contribution in [0.25, 0.3) is 0 Å². The highest BCUT2D eigenvalue weighted by Crippen LogP contribution is 2.38. The molecule has 0 aliphatic carbocycles. The fourth-order valence-electron chi connectivity index (χ4n) is 4.12. The number of fused-ring (bicyclic) bond motifs is 1. The first kappa shape index (κ1) is 16.5. The molecule has 3 atom stereocenters. The number of nitrogens with zero attached hydrogens (tertiary/aromatic N) is 2. The molecule has 1 aromatic rings. The fourth-order valence-corrected chi connectivity index (χ4v) is 5.01. The minimum absolute atomic E-state index is 0.0595. The molecule has 3 heterocycles. The van der Waals surface area contributed by atoms with Crippen molar-refractivity contribution in [1.82, 2.24) is 15.1 Å². The van der Waals surface area contributed by atoms with Crippen LogP contribution in [-0.4, -0.2) is 59.9 Å². The summed E-state index contributed by atoms with van der Waals surface area (Å²) in [5, 5.41) is 4.76. The smallest absolute Gasteiger partial charge is 0.264 e. The van der Waals surface area contributed by atoms with E-state index in [9.17, 15) is 9.59 Å². The summed E-state index contributed by atoms with van der Waals surface area (Å²) in [5.74, 6) is 0.635. The van der Waals surface area contributed by atoms with Crippen LogP contribution in [0.5, 0.6) is 0 Å². The Morgan fingerprint density at radius 1 is 1.35 bits per heavy atom. The predicted octanol–water partition coefficient (Wildman–Crippen LogP) is 1.73. The van der Waals surface area contributed by atoms with E-state index in [2.05, 4.69) is 24.1 Å². The standard InChI is InChI=1S/C17H25N3O2S/c1-10(2)20-13(16(21)18-4)7-12-8-19(9-14(12)20)17(22)15-11(3)5-6-23-15/h5-6,10,12-14H,7-9H2,1-4H3,(H,18,21)/t12-,13-,14+/m0/s1. The van der Waals surface area contributed by atoms with E-state index >= 15 is 0 Å². The van der Waals surface area contributed by atoms with Crippen LogP contribution in [0, 0.1) is 12.8 Å². The van der Waals surface area contributed by atoms with Gasteiger partial charge in [-0.2, -0.15) is 0 Å². The lowest BCUT2D eigenvalue weighted by Gasteiger charge is -2.33. The van der Waals surface area contributed by atoms with Crippen molar-refractivity contribution in [2.24, 2.45) is 5.92 Å². The number of carbonyl (C=O) groups excluding carboxylic acids is 2. The van der Waals surface area contributed by atoms with Crippen LogP contribution in [0.4, 0.5) is 0 Å². The molecule has 3 rings (SSSR count). The molecule has 0 radical (unpaired) electrons. The lowest BCUT2D eigenvalue weighted by atomic mass is 10.0. The Balaban J connectivity index is 1.76. The maximum atomic E-state index is 12.7. The normalized spacial score (nSPS) is 27.5. The number of carbonyl (C=O) groups is 2. The van der Waals surface area contributed by atoms with Crippen molar-refractivity contribution in [1.29, 1.82) is 0 Å². The van der Waals surface area contributed by atoms with E-state index in [0.29, 0.717) is 18.0 Å². The number of likely N-dealkylation sites (N-methyl/N-ethyl adjacent to an activating group) is 1. The molecule has 2 fully saturated rings. The van der Waals surface area contributed by atoms with Gasteiger partial charge in [0.05, 0.1) is 10.9 Å². The van der Waals surface area contributed by atoms with Crippen LogP contribution in [0.1, 0.15) is 35.5 Å². The summed E-state index contributed by atoms with van der Waals surface area (Å²) in [7, 11) is 1.70. The highest BCUT2D eigenvalue weighted by atomic mass is 32.1. The third-order valence-corrected chi connectivity index (χ3v) is 6.17. The summed E-state index contributed by atoms with van der Waals surface area (Å²) in [5.41, 5.74) is 1.06. The molecule has 0 unspecified atom stereocenters. The largest absolute Gasteiger partial charge is 0.358 e. The summed E-state index contributed by atoms with van der Waals surface area (Å²) in [6.45, 7) is 7.74. The summed E-state index contributed by atoms with van der Waals surface area (Å²) < 4.78 is 0. The lowest BCUT2D eigenvalue weighted by molar-refractivity contribution is -0.126. The number of amides is 2. The first-order valence-electron chi connectivity index (χ1n) is 8.26.